The van der Waals surface area contributed by atoms with Crippen LogP contribution in [0.15, 0.2) is 212 Å². The van der Waals surface area contributed by atoms with Crippen LogP contribution in [-0.2, 0) is 113 Å². The molecule has 0 unspecified atom stereocenters. The summed E-state index contributed by atoms with van der Waals surface area (Å²) in [6, 6.07) is 67.1. The second-order valence-electron chi connectivity index (χ2n) is 21.5. The van der Waals surface area contributed by atoms with E-state index in [0.29, 0.717) is 0 Å². The summed E-state index contributed by atoms with van der Waals surface area (Å²) in [4.78, 5) is 13.0. The molecule has 15 atom stereocenters. The van der Waals surface area contributed by atoms with Gasteiger partial charge in [0.15, 0.2) is 25.0 Å². The van der Waals surface area contributed by atoms with Crippen molar-refractivity contribution in [3.63, 3.8) is 0 Å². The van der Waals surface area contributed by atoms with E-state index in [1.54, 1.807) is 0 Å². The van der Waals surface area contributed by atoms with Crippen LogP contribution in [0.3, 0.4) is 0 Å². The largest absolute Gasteiger partial charge is 0.457 e. The summed E-state index contributed by atoms with van der Waals surface area (Å²) in [7, 11) is 0. The molecular weight excluding hydrogens is 1080 g/mol. The third-order valence-corrected chi connectivity index (χ3v) is 15.1. The van der Waals surface area contributed by atoms with E-state index in [9.17, 15) is 9.90 Å². The Morgan fingerprint density at radius 3 is 1.11 bits per heavy atom. The summed E-state index contributed by atoms with van der Waals surface area (Å²) in [5, 5.41) is 12.2. The molecule has 16 nitrogen and oxygen atoms in total. The number of aliphatic hydroxyl groups is 1. The molecule has 0 radical (unpaired) electrons. The topological polar surface area (TPSA) is 183 Å². The maximum Gasteiger partial charge on any atom is 0.303 e. The third-order valence-electron chi connectivity index (χ3n) is 15.1. The minimum Gasteiger partial charge on any atom is -0.457 e. The highest BCUT2D eigenvalue weighted by molar-refractivity contribution is 5.66. The quantitative estimate of drug-likeness (QED) is 0.0442. The number of carbonyl (C=O) groups is 1. The lowest BCUT2D eigenvalue weighted by molar-refractivity contribution is -0.388. The average molecular weight is 1160 g/mol. The molecule has 7 aromatic carbocycles. The van der Waals surface area contributed by atoms with Crippen molar-refractivity contribution >= 4 is 5.97 Å². The smallest absolute Gasteiger partial charge is 0.303 e. The summed E-state index contributed by atoms with van der Waals surface area (Å²) in [5.41, 5.74) is 13.6. The molecule has 10 rings (SSSR count). The first-order valence-electron chi connectivity index (χ1n) is 29.1. The highest BCUT2D eigenvalue weighted by Gasteiger charge is 2.56. The molecular formula is C69H77NO15. The van der Waals surface area contributed by atoms with Crippen molar-refractivity contribution in [3.8, 4) is 0 Å². The predicted molar refractivity (Wildman–Crippen MR) is 314 cm³/mol. The summed E-state index contributed by atoms with van der Waals surface area (Å²) < 4.78 is 88.5. The summed E-state index contributed by atoms with van der Waals surface area (Å²) in [5.74, 6) is -0.554. The number of hydrogen-bond donors (Lipinski definition) is 2. The molecule has 3 saturated heterocycles. The molecule has 0 aromatic heterocycles. The first kappa shape index (κ1) is 61.5. The van der Waals surface area contributed by atoms with Gasteiger partial charge in [-0.3, -0.25) is 4.79 Å². The first-order chi connectivity index (χ1) is 41.7. The van der Waals surface area contributed by atoms with E-state index >= 15 is 0 Å². The Morgan fingerprint density at radius 2 is 0.706 bits per heavy atom. The lowest BCUT2D eigenvalue weighted by Gasteiger charge is -2.51. The standard InChI is InChI=1S/C69H77NO15/c1-47-59(75-40-51-28-14-5-15-29-51)63(77-42-53-32-18-7-19-33-53)65(67(72)80-47)85-69-66(79-44-55-36-22-9-23-37-55)64(78-43-54-34-20-8-21-35-54)61(57(83-69)46-74-39-50-26-12-4-13-27-50)84-68-58(70)62(76-41-52-30-16-6-17-31-52)60(81-48(2)71)56(82-68)45-73-38-49-24-10-3-11-25-49/h3-37,47,56-69,72H,38-46,70H2,1-2H3/t47-,56+,57+,58-,59-,60+,61+,62+,63+,64-,65+,66+,67+,68-,69+/m0/s1. The van der Waals surface area contributed by atoms with Gasteiger partial charge in [-0.25, -0.2) is 0 Å². The van der Waals surface area contributed by atoms with Gasteiger partial charge in [-0.15, -0.1) is 0 Å². The van der Waals surface area contributed by atoms with E-state index < -0.39 is 98.0 Å². The van der Waals surface area contributed by atoms with Crippen LogP contribution in [0.25, 0.3) is 0 Å². The fourth-order valence-electron chi connectivity index (χ4n) is 10.8. The lowest BCUT2D eigenvalue weighted by atomic mass is 9.94. The van der Waals surface area contributed by atoms with Gasteiger partial charge in [0.2, 0.25) is 0 Å². The van der Waals surface area contributed by atoms with Crippen LogP contribution in [0.2, 0.25) is 0 Å². The highest BCUT2D eigenvalue weighted by atomic mass is 16.8. The molecule has 3 aliphatic rings. The monoisotopic (exact) mass is 1160 g/mol. The maximum absolute atomic E-state index is 13.0. The summed E-state index contributed by atoms with van der Waals surface area (Å²) >= 11 is 0. The van der Waals surface area contributed by atoms with Crippen LogP contribution >= 0.6 is 0 Å². The Labute approximate surface area is 497 Å². The molecule has 448 valence electrons. The van der Waals surface area contributed by atoms with E-state index in [-0.39, 0.29) is 59.5 Å². The zero-order valence-corrected chi connectivity index (χ0v) is 48.0. The van der Waals surface area contributed by atoms with Crippen LogP contribution in [0, 0.1) is 0 Å². The van der Waals surface area contributed by atoms with Crippen molar-refractivity contribution in [2.75, 3.05) is 13.2 Å². The average Bonchev–Trinajstić information content (AvgIpc) is 3.64. The maximum atomic E-state index is 13.0. The van der Waals surface area contributed by atoms with Gasteiger partial charge in [0.1, 0.15) is 54.9 Å². The van der Waals surface area contributed by atoms with E-state index in [1.807, 2.05) is 219 Å². The Balaban J connectivity index is 1.03. The molecule has 3 heterocycles. The van der Waals surface area contributed by atoms with Gasteiger partial charge in [-0.05, 0) is 45.9 Å². The lowest BCUT2D eigenvalue weighted by Crippen LogP contribution is -2.68. The van der Waals surface area contributed by atoms with Gasteiger partial charge in [-0.2, -0.15) is 0 Å². The minimum atomic E-state index is -1.52. The number of esters is 1. The molecule has 0 saturated carbocycles. The predicted octanol–water partition coefficient (Wildman–Crippen LogP) is 9.56. The molecule has 85 heavy (non-hydrogen) atoms. The number of rotatable bonds is 28. The number of carbonyl (C=O) groups excluding carboxylic acids is 1. The second kappa shape index (κ2) is 31.7. The van der Waals surface area contributed by atoms with Gasteiger partial charge < -0.3 is 72.4 Å². The van der Waals surface area contributed by atoms with Gasteiger partial charge in [0.05, 0.1) is 71.6 Å². The summed E-state index contributed by atoms with van der Waals surface area (Å²) in [6.45, 7) is 4.24. The molecule has 3 fully saturated rings. The van der Waals surface area contributed by atoms with Crippen LogP contribution in [-0.4, -0.2) is 116 Å². The van der Waals surface area contributed by atoms with Crippen molar-refractivity contribution in [3.05, 3.63) is 251 Å². The molecule has 0 amide bonds. The van der Waals surface area contributed by atoms with E-state index in [1.165, 1.54) is 6.92 Å². The van der Waals surface area contributed by atoms with E-state index in [0.717, 1.165) is 38.9 Å². The number of benzene rings is 7. The fourth-order valence-corrected chi connectivity index (χ4v) is 10.8. The van der Waals surface area contributed by atoms with Crippen molar-refractivity contribution < 1.29 is 71.5 Å². The SMILES string of the molecule is CC(=O)O[C@H]1[C@H](OCc2ccccc2)[C@H](N)[C@H](O[C@H]2[C@H](OCc3ccccc3)[C@@H](OCc3ccccc3)[C@@H](O[C@@H]3[C@H](OCc4ccccc4)[C@@H](OCc4ccccc4)[C@H](C)O[C@H]3O)O[C@@H]2COCc2ccccc2)O[C@@H]1COCc1ccccc1. The fraction of sp³-hybridized carbons (Fsp3) is 0.377. The van der Waals surface area contributed by atoms with Crippen molar-refractivity contribution in [2.24, 2.45) is 5.73 Å². The van der Waals surface area contributed by atoms with Crippen LogP contribution in [0.4, 0.5) is 0 Å². The Kier molecular flexibility index (Phi) is 23.0. The van der Waals surface area contributed by atoms with Crippen molar-refractivity contribution in [2.45, 2.75) is 152 Å². The number of nitrogens with two attached hydrogens (primary N) is 1. The zero-order valence-electron chi connectivity index (χ0n) is 48.0. The van der Waals surface area contributed by atoms with Gasteiger partial charge in [0.25, 0.3) is 0 Å². The van der Waals surface area contributed by atoms with Crippen molar-refractivity contribution in [1.82, 2.24) is 0 Å². The zero-order chi connectivity index (χ0) is 58.6. The van der Waals surface area contributed by atoms with Gasteiger partial charge >= 0.3 is 5.97 Å². The number of aliphatic hydroxyl groups excluding tert-OH is 1. The first-order valence-corrected chi connectivity index (χ1v) is 29.1. The number of ether oxygens (including phenoxy) is 13. The van der Waals surface area contributed by atoms with E-state index in [2.05, 4.69) is 0 Å². The second-order valence-corrected chi connectivity index (χ2v) is 21.5. The molecule has 0 aliphatic carbocycles. The Hall–Kier alpha value is -6.55. The van der Waals surface area contributed by atoms with Crippen LogP contribution < -0.4 is 5.73 Å². The molecule has 0 spiro atoms. The summed E-state index contributed by atoms with van der Waals surface area (Å²) in [6.07, 6.45) is -14.9. The van der Waals surface area contributed by atoms with Crippen LogP contribution in [0.1, 0.15) is 52.8 Å². The van der Waals surface area contributed by atoms with Gasteiger partial charge in [-0.1, -0.05) is 212 Å². The van der Waals surface area contributed by atoms with Crippen molar-refractivity contribution in [1.29, 1.82) is 0 Å². The normalized spacial score (nSPS) is 27.7. The molecule has 16 heteroatoms. The highest BCUT2D eigenvalue weighted by Crippen LogP contribution is 2.38. The molecule has 0 bridgehead atoms. The van der Waals surface area contributed by atoms with E-state index in [4.69, 9.17) is 67.3 Å². The Bertz CT molecular complexity index is 3000. The Morgan fingerprint density at radius 1 is 0.388 bits per heavy atom. The molecule has 3 aliphatic heterocycles. The molecule has 7 aromatic rings. The third kappa shape index (κ3) is 17.6. The van der Waals surface area contributed by atoms with Crippen LogP contribution in [0.5, 0.6) is 0 Å². The number of hydrogen-bond acceptors (Lipinski definition) is 16. The van der Waals surface area contributed by atoms with Gasteiger partial charge in [0, 0.05) is 6.92 Å². The molecule has 3 N–H and O–H groups in total. The minimum absolute atomic E-state index is 0.0317.